The average molecular weight is 347 g/mol. The van der Waals surface area contributed by atoms with E-state index in [0.717, 1.165) is 22.2 Å². The number of alkyl halides is 3. The third-order valence-corrected chi connectivity index (χ3v) is 2.99. The van der Waals surface area contributed by atoms with Crippen molar-refractivity contribution in [3.8, 4) is 11.6 Å². The van der Waals surface area contributed by atoms with Crippen molar-refractivity contribution in [3.05, 3.63) is 45.9 Å². The Balaban J connectivity index is 2.36. The predicted molar refractivity (Wildman–Crippen MR) is 72.6 cm³/mol. The highest BCUT2D eigenvalue weighted by molar-refractivity contribution is 9.10. The first-order chi connectivity index (χ1) is 9.25. The van der Waals surface area contributed by atoms with E-state index in [1.807, 2.05) is 0 Å². The van der Waals surface area contributed by atoms with Gasteiger partial charge in [0.1, 0.15) is 11.6 Å². The number of nitrogens with two attached hydrogens (primary N) is 1. The minimum absolute atomic E-state index is 0.192. The SMILES string of the molecule is Cc1cc(Br)ccc1Oc1cc(C(F)(F)F)cc(N)n1. The van der Waals surface area contributed by atoms with Crippen molar-refractivity contribution in [1.82, 2.24) is 4.98 Å². The molecule has 1 heterocycles. The second-order valence-corrected chi connectivity index (χ2v) is 5.04. The average Bonchev–Trinajstić information content (AvgIpc) is 2.31. The number of hydrogen-bond donors (Lipinski definition) is 1. The van der Waals surface area contributed by atoms with Crippen molar-refractivity contribution in [3.63, 3.8) is 0 Å². The fourth-order valence-electron chi connectivity index (χ4n) is 1.58. The molecule has 2 rings (SSSR count). The van der Waals surface area contributed by atoms with Crippen LogP contribution in [0, 0.1) is 6.92 Å². The molecule has 0 unspecified atom stereocenters. The summed E-state index contributed by atoms with van der Waals surface area (Å²) in [6, 6.07) is 6.72. The van der Waals surface area contributed by atoms with E-state index < -0.39 is 11.7 Å². The molecule has 2 N–H and O–H groups in total. The first-order valence-electron chi connectivity index (χ1n) is 5.54. The van der Waals surface area contributed by atoms with Gasteiger partial charge >= 0.3 is 6.18 Å². The zero-order valence-electron chi connectivity index (χ0n) is 10.3. The van der Waals surface area contributed by atoms with Crippen LogP contribution in [0.2, 0.25) is 0 Å². The van der Waals surface area contributed by atoms with Crippen molar-refractivity contribution < 1.29 is 17.9 Å². The highest BCUT2D eigenvalue weighted by Gasteiger charge is 2.31. The van der Waals surface area contributed by atoms with Crippen LogP contribution in [0.4, 0.5) is 19.0 Å². The number of pyridine rings is 1. The number of nitrogens with zero attached hydrogens (tertiary/aromatic N) is 1. The molecule has 0 aliphatic heterocycles. The monoisotopic (exact) mass is 346 g/mol. The molecular formula is C13H10BrF3N2O. The minimum atomic E-state index is -4.50. The highest BCUT2D eigenvalue weighted by atomic mass is 79.9. The van der Waals surface area contributed by atoms with Crippen LogP contribution in [0.5, 0.6) is 11.6 Å². The maximum Gasteiger partial charge on any atom is 0.416 e. The van der Waals surface area contributed by atoms with Crippen molar-refractivity contribution >= 4 is 21.7 Å². The Morgan fingerprint density at radius 2 is 1.90 bits per heavy atom. The quantitative estimate of drug-likeness (QED) is 0.867. The third kappa shape index (κ3) is 3.41. The number of nitrogen functional groups attached to an aromatic ring is 1. The lowest BCUT2D eigenvalue weighted by atomic mass is 10.2. The summed E-state index contributed by atoms with van der Waals surface area (Å²) in [4.78, 5) is 3.75. The number of aryl methyl sites for hydroxylation is 1. The van der Waals surface area contributed by atoms with E-state index in [2.05, 4.69) is 20.9 Å². The van der Waals surface area contributed by atoms with E-state index in [1.165, 1.54) is 0 Å². The van der Waals surface area contributed by atoms with Crippen molar-refractivity contribution in [2.45, 2.75) is 13.1 Å². The molecule has 0 aliphatic rings. The number of halogens is 4. The van der Waals surface area contributed by atoms with Gasteiger partial charge in [-0.1, -0.05) is 15.9 Å². The molecule has 3 nitrogen and oxygen atoms in total. The lowest BCUT2D eigenvalue weighted by Gasteiger charge is -2.12. The molecule has 1 aromatic heterocycles. The van der Waals surface area contributed by atoms with E-state index in [9.17, 15) is 13.2 Å². The number of anilines is 1. The van der Waals surface area contributed by atoms with Gasteiger partial charge in [0.15, 0.2) is 0 Å². The van der Waals surface area contributed by atoms with E-state index >= 15 is 0 Å². The molecule has 0 spiro atoms. The summed E-state index contributed by atoms with van der Waals surface area (Å²) in [5.41, 5.74) is 5.24. The number of aromatic nitrogens is 1. The standard InChI is InChI=1S/C13H10BrF3N2O/c1-7-4-9(14)2-3-10(7)20-12-6-8(13(15,16)17)5-11(18)19-12/h2-6H,1H3,(H2,18,19). The fraction of sp³-hybridized carbons (Fsp3) is 0.154. The zero-order valence-corrected chi connectivity index (χ0v) is 11.9. The first-order valence-corrected chi connectivity index (χ1v) is 6.34. The molecule has 106 valence electrons. The molecule has 0 radical (unpaired) electrons. The van der Waals surface area contributed by atoms with E-state index in [0.29, 0.717) is 5.75 Å². The first kappa shape index (κ1) is 14.6. The van der Waals surface area contributed by atoms with Crippen LogP contribution in [-0.4, -0.2) is 4.98 Å². The van der Waals surface area contributed by atoms with Gasteiger partial charge in [-0.3, -0.25) is 0 Å². The Bertz CT molecular complexity index is 644. The number of rotatable bonds is 2. The minimum Gasteiger partial charge on any atom is -0.439 e. The molecule has 0 bridgehead atoms. The Labute approximate surface area is 121 Å². The molecule has 0 saturated heterocycles. The van der Waals surface area contributed by atoms with Gasteiger partial charge in [0.25, 0.3) is 0 Å². The van der Waals surface area contributed by atoms with E-state index in [-0.39, 0.29) is 11.7 Å². The van der Waals surface area contributed by atoms with Crippen molar-refractivity contribution in [2.24, 2.45) is 0 Å². The normalized spacial score (nSPS) is 11.4. The summed E-state index contributed by atoms with van der Waals surface area (Å²) in [6.07, 6.45) is -4.50. The lowest BCUT2D eigenvalue weighted by molar-refractivity contribution is -0.137. The van der Waals surface area contributed by atoms with Gasteiger partial charge in [0, 0.05) is 10.5 Å². The molecule has 0 amide bonds. The summed E-state index contributed by atoms with van der Waals surface area (Å²) in [5.74, 6) is -0.0215. The molecule has 0 aliphatic carbocycles. The third-order valence-electron chi connectivity index (χ3n) is 2.50. The Kier molecular flexibility index (Phi) is 3.89. The molecule has 1 aromatic carbocycles. The molecule has 20 heavy (non-hydrogen) atoms. The maximum atomic E-state index is 12.7. The summed E-state index contributed by atoms with van der Waals surface area (Å²) in [7, 11) is 0. The number of ether oxygens (including phenoxy) is 1. The van der Waals surface area contributed by atoms with Gasteiger partial charge in [0.2, 0.25) is 5.88 Å². The zero-order chi connectivity index (χ0) is 14.9. The van der Waals surface area contributed by atoms with Gasteiger partial charge < -0.3 is 10.5 Å². The van der Waals surface area contributed by atoms with E-state index in [1.54, 1.807) is 25.1 Å². The highest BCUT2D eigenvalue weighted by Crippen LogP contribution is 2.34. The summed E-state index contributed by atoms with van der Waals surface area (Å²) in [6.45, 7) is 1.77. The van der Waals surface area contributed by atoms with E-state index in [4.69, 9.17) is 10.5 Å². The topological polar surface area (TPSA) is 48.1 Å². The molecular weight excluding hydrogens is 337 g/mol. The van der Waals surface area contributed by atoms with Crippen LogP contribution in [0.25, 0.3) is 0 Å². The maximum absolute atomic E-state index is 12.7. The number of hydrogen-bond acceptors (Lipinski definition) is 3. The number of benzene rings is 1. The lowest BCUT2D eigenvalue weighted by Crippen LogP contribution is -2.07. The summed E-state index contributed by atoms with van der Waals surface area (Å²) in [5, 5.41) is 0. The predicted octanol–water partition coefficient (Wildman–Crippen LogP) is 4.55. The van der Waals surface area contributed by atoms with Crippen LogP contribution in [0.1, 0.15) is 11.1 Å². The molecule has 0 atom stereocenters. The van der Waals surface area contributed by atoms with Crippen molar-refractivity contribution in [2.75, 3.05) is 5.73 Å². The van der Waals surface area contributed by atoms with Gasteiger partial charge in [-0.25, -0.2) is 0 Å². The van der Waals surface area contributed by atoms with Crippen LogP contribution < -0.4 is 10.5 Å². The Morgan fingerprint density at radius 1 is 1.20 bits per heavy atom. The van der Waals surface area contributed by atoms with Gasteiger partial charge in [-0.05, 0) is 36.8 Å². The summed E-state index contributed by atoms with van der Waals surface area (Å²) < 4.78 is 44.2. The molecule has 7 heteroatoms. The second-order valence-electron chi connectivity index (χ2n) is 4.13. The van der Waals surface area contributed by atoms with Crippen LogP contribution in [0.3, 0.4) is 0 Å². The molecule has 2 aromatic rings. The van der Waals surface area contributed by atoms with Gasteiger partial charge in [-0.15, -0.1) is 0 Å². The van der Waals surface area contributed by atoms with Gasteiger partial charge in [-0.2, -0.15) is 18.2 Å². The Morgan fingerprint density at radius 3 is 2.50 bits per heavy atom. The Hall–Kier alpha value is -1.76. The largest absolute Gasteiger partial charge is 0.439 e. The fourth-order valence-corrected chi connectivity index (χ4v) is 2.06. The summed E-state index contributed by atoms with van der Waals surface area (Å²) >= 11 is 3.29. The van der Waals surface area contributed by atoms with Crippen LogP contribution >= 0.6 is 15.9 Å². The second kappa shape index (κ2) is 5.32. The molecule has 0 saturated carbocycles. The van der Waals surface area contributed by atoms with Crippen LogP contribution in [0.15, 0.2) is 34.8 Å². The molecule has 0 fully saturated rings. The van der Waals surface area contributed by atoms with Gasteiger partial charge in [0.05, 0.1) is 5.56 Å². The van der Waals surface area contributed by atoms with Crippen LogP contribution in [-0.2, 0) is 6.18 Å². The smallest absolute Gasteiger partial charge is 0.416 e. The van der Waals surface area contributed by atoms with Crippen molar-refractivity contribution in [1.29, 1.82) is 0 Å².